The van der Waals surface area contributed by atoms with Gasteiger partial charge in [0.2, 0.25) is 5.91 Å². The second-order valence-electron chi connectivity index (χ2n) is 4.10. The van der Waals surface area contributed by atoms with Crippen molar-refractivity contribution in [3.05, 3.63) is 35.8 Å². The van der Waals surface area contributed by atoms with Crippen molar-refractivity contribution in [1.29, 1.82) is 0 Å². The van der Waals surface area contributed by atoms with Gasteiger partial charge >= 0.3 is 5.97 Å². The first-order valence-corrected chi connectivity index (χ1v) is 5.67. The minimum absolute atomic E-state index is 0.0368. The van der Waals surface area contributed by atoms with E-state index in [9.17, 15) is 9.59 Å². The molecule has 0 aliphatic heterocycles. The average molecular weight is 251 g/mol. The number of carbonyl (C=O) groups excluding carboxylic acids is 1. The van der Waals surface area contributed by atoms with Crippen molar-refractivity contribution in [2.75, 3.05) is 13.1 Å². The highest BCUT2D eigenvalue weighted by molar-refractivity contribution is 5.90. The molecule has 0 radical (unpaired) electrons. The summed E-state index contributed by atoms with van der Waals surface area (Å²) in [5.74, 6) is -1.07. The molecule has 0 spiro atoms. The van der Waals surface area contributed by atoms with Crippen molar-refractivity contribution in [1.82, 2.24) is 4.90 Å². The summed E-state index contributed by atoms with van der Waals surface area (Å²) in [5.41, 5.74) is 0.915. The molecule has 1 amide bonds. The van der Waals surface area contributed by atoms with Crippen LogP contribution in [-0.4, -0.2) is 35.0 Å². The molecule has 0 fully saturated rings. The third-order valence-corrected chi connectivity index (χ3v) is 2.48. The number of amides is 1. The fraction of sp³-hybridized carbons (Fsp3) is 0.385. The minimum Gasteiger partial charge on any atom is -0.478 e. The van der Waals surface area contributed by atoms with E-state index in [-0.39, 0.29) is 23.7 Å². The molecule has 0 saturated heterocycles. The van der Waals surface area contributed by atoms with Gasteiger partial charge < -0.3 is 14.4 Å². The zero-order chi connectivity index (χ0) is 13.7. The van der Waals surface area contributed by atoms with Gasteiger partial charge in [0.25, 0.3) is 0 Å². The van der Waals surface area contributed by atoms with Crippen molar-refractivity contribution >= 4 is 11.9 Å². The Morgan fingerprint density at radius 2 is 2.17 bits per heavy atom. The first-order chi connectivity index (χ1) is 8.45. The second-order valence-corrected chi connectivity index (χ2v) is 4.10. The Morgan fingerprint density at radius 1 is 1.50 bits per heavy atom. The third-order valence-electron chi connectivity index (χ3n) is 2.48. The lowest BCUT2D eigenvalue weighted by Gasteiger charge is -2.20. The minimum atomic E-state index is -1.09. The number of hydrogen-bond donors (Lipinski definition) is 1. The lowest BCUT2D eigenvalue weighted by atomic mass is 10.2. The molecule has 1 N–H and O–H groups in total. The summed E-state index contributed by atoms with van der Waals surface area (Å²) in [6.45, 7) is 8.48. The van der Waals surface area contributed by atoms with Crippen molar-refractivity contribution in [3.8, 4) is 0 Å². The Kier molecular flexibility index (Phi) is 4.71. The van der Waals surface area contributed by atoms with E-state index < -0.39 is 5.97 Å². The standard InChI is InChI=1S/C13H17NO4/c1-4-14(8-9(2)3)12(15)7-11-10(13(16)17)5-6-18-11/h5-6H,2,4,7-8H2,1,3H3,(H,16,17). The van der Waals surface area contributed by atoms with Gasteiger partial charge in [-0.05, 0) is 19.9 Å². The summed E-state index contributed by atoms with van der Waals surface area (Å²) in [7, 11) is 0. The van der Waals surface area contributed by atoms with Crippen molar-refractivity contribution in [2.45, 2.75) is 20.3 Å². The molecule has 0 unspecified atom stereocenters. The number of carbonyl (C=O) groups is 2. The molecule has 98 valence electrons. The number of rotatable bonds is 6. The van der Waals surface area contributed by atoms with Crippen LogP contribution in [0.2, 0.25) is 0 Å². The van der Waals surface area contributed by atoms with Crippen LogP contribution in [0.5, 0.6) is 0 Å². The predicted octanol–water partition coefficient (Wildman–Crippen LogP) is 1.94. The number of likely N-dealkylation sites (N-methyl/N-ethyl adjacent to an activating group) is 1. The SMILES string of the molecule is C=C(C)CN(CC)C(=O)Cc1occc1C(=O)O. The summed E-state index contributed by atoms with van der Waals surface area (Å²) < 4.78 is 5.05. The molecular formula is C13H17NO4. The molecule has 5 heteroatoms. The van der Waals surface area contributed by atoms with Gasteiger partial charge in [-0.2, -0.15) is 0 Å². The first kappa shape index (κ1) is 14.0. The zero-order valence-electron chi connectivity index (χ0n) is 10.6. The highest BCUT2D eigenvalue weighted by Crippen LogP contribution is 2.13. The smallest absolute Gasteiger partial charge is 0.339 e. The van der Waals surface area contributed by atoms with Crippen LogP contribution in [-0.2, 0) is 11.2 Å². The molecule has 18 heavy (non-hydrogen) atoms. The molecule has 1 aromatic rings. The summed E-state index contributed by atoms with van der Waals surface area (Å²) in [6, 6.07) is 1.35. The highest BCUT2D eigenvalue weighted by Gasteiger charge is 2.19. The predicted molar refractivity (Wildman–Crippen MR) is 66.4 cm³/mol. The fourth-order valence-electron chi connectivity index (χ4n) is 1.62. The molecule has 0 saturated carbocycles. The van der Waals surface area contributed by atoms with E-state index in [0.717, 1.165) is 5.57 Å². The van der Waals surface area contributed by atoms with Crippen molar-refractivity contribution in [3.63, 3.8) is 0 Å². The van der Waals surface area contributed by atoms with Crippen LogP contribution in [0.3, 0.4) is 0 Å². The number of aromatic carboxylic acids is 1. The molecule has 0 aliphatic carbocycles. The molecule has 1 rings (SSSR count). The van der Waals surface area contributed by atoms with Crippen LogP contribution < -0.4 is 0 Å². The number of nitrogens with zero attached hydrogens (tertiary/aromatic N) is 1. The normalized spacial score (nSPS) is 10.1. The van der Waals surface area contributed by atoms with Crippen LogP contribution in [0, 0.1) is 0 Å². The summed E-state index contributed by atoms with van der Waals surface area (Å²) in [4.78, 5) is 24.5. The lowest BCUT2D eigenvalue weighted by Crippen LogP contribution is -2.33. The number of carboxylic acids is 1. The molecule has 5 nitrogen and oxygen atoms in total. The molecule has 1 heterocycles. The van der Waals surface area contributed by atoms with Gasteiger partial charge in [-0.15, -0.1) is 0 Å². The Hall–Kier alpha value is -2.04. The van der Waals surface area contributed by atoms with E-state index in [1.807, 2.05) is 13.8 Å². The van der Waals surface area contributed by atoms with Crippen LogP contribution in [0.15, 0.2) is 28.9 Å². The van der Waals surface area contributed by atoms with E-state index in [4.69, 9.17) is 9.52 Å². The van der Waals surface area contributed by atoms with Gasteiger partial charge in [0, 0.05) is 13.1 Å². The maximum absolute atomic E-state index is 12.0. The van der Waals surface area contributed by atoms with Gasteiger partial charge in [0.15, 0.2) is 0 Å². The van der Waals surface area contributed by atoms with Crippen LogP contribution in [0.4, 0.5) is 0 Å². The molecule has 0 bridgehead atoms. The van der Waals surface area contributed by atoms with Crippen molar-refractivity contribution < 1.29 is 19.1 Å². The quantitative estimate of drug-likeness (QED) is 0.784. The van der Waals surface area contributed by atoms with E-state index in [2.05, 4.69) is 6.58 Å². The fourth-order valence-corrected chi connectivity index (χ4v) is 1.62. The van der Waals surface area contributed by atoms with Gasteiger partial charge in [-0.3, -0.25) is 4.79 Å². The summed E-state index contributed by atoms with van der Waals surface area (Å²) >= 11 is 0. The Balaban J connectivity index is 2.76. The molecular weight excluding hydrogens is 234 g/mol. The first-order valence-electron chi connectivity index (χ1n) is 5.67. The Labute approximate surface area is 106 Å². The van der Waals surface area contributed by atoms with Crippen LogP contribution in [0.25, 0.3) is 0 Å². The van der Waals surface area contributed by atoms with E-state index >= 15 is 0 Å². The van der Waals surface area contributed by atoms with Crippen LogP contribution >= 0.6 is 0 Å². The summed E-state index contributed by atoms with van der Waals surface area (Å²) in [5, 5.41) is 8.91. The molecule has 0 aliphatic rings. The number of furan rings is 1. The molecule has 1 aromatic heterocycles. The average Bonchev–Trinajstić information content (AvgIpc) is 2.73. The van der Waals surface area contributed by atoms with Gasteiger partial charge in [0.05, 0.1) is 12.7 Å². The third kappa shape index (κ3) is 3.48. The topological polar surface area (TPSA) is 70.8 Å². The van der Waals surface area contributed by atoms with Crippen LogP contribution in [0.1, 0.15) is 30.0 Å². The van der Waals surface area contributed by atoms with E-state index in [0.29, 0.717) is 13.1 Å². The Bertz CT molecular complexity index is 461. The van der Waals surface area contributed by atoms with Gasteiger partial charge in [-0.1, -0.05) is 12.2 Å². The number of hydrogen-bond acceptors (Lipinski definition) is 3. The second kappa shape index (κ2) is 6.05. The van der Waals surface area contributed by atoms with Gasteiger partial charge in [0.1, 0.15) is 11.3 Å². The molecule has 0 aromatic carbocycles. The van der Waals surface area contributed by atoms with Crippen molar-refractivity contribution in [2.24, 2.45) is 0 Å². The summed E-state index contributed by atoms with van der Waals surface area (Å²) in [6.07, 6.45) is 1.23. The maximum atomic E-state index is 12.0. The number of carboxylic acid groups (broad SMARTS) is 1. The largest absolute Gasteiger partial charge is 0.478 e. The Morgan fingerprint density at radius 3 is 2.67 bits per heavy atom. The highest BCUT2D eigenvalue weighted by atomic mass is 16.4. The van der Waals surface area contributed by atoms with E-state index in [1.165, 1.54) is 12.3 Å². The molecule has 0 atom stereocenters. The monoisotopic (exact) mass is 251 g/mol. The van der Waals surface area contributed by atoms with E-state index in [1.54, 1.807) is 4.90 Å². The van der Waals surface area contributed by atoms with Gasteiger partial charge in [-0.25, -0.2) is 4.79 Å². The maximum Gasteiger partial charge on any atom is 0.339 e. The lowest BCUT2D eigenvalue weighted by molar-refractivity contribution is -0.130. The zero-order valence-corrected chi connectivity index (χ0v) is 10.6.